The van der Waals surface area contributed by atoms with Crippen molar-refractivity contribution in [2.45, 2.75) is 20.0 Å². The topological polar surface area (TPSA) is 35.5 Å². The van der Waals surface area contributed by atoms with E-state index in [0.29, 0.717) is 22.1 Å². The van der Waals surface area contributed by atoms with Crippen molar-refractivity contribution < 1.29 is 18.7 Å². The summed E-state index contributed by atoms with van der Waals surface area (Å²) in [6.07, 6.45) is 2.68. The third kappa shape index (κ3) is 4.03. The van der Waals surface area contributed by atoms with Crippen molar-refractivity contribution in [1.29, 1.82) is 0 Å². The molecule has 0 aliphatic carbocycles. The zero-order valence-electron chi connectivity index (χ0n) is 15.7. The Morgan fingerprint density at radius 3 is 2.62 bits per heavy atom. The molecule has 0 spiro atoms. The second kappa shape index (κ2) is 8.10. The molecule has 1 aliphatic rings. The van der Waals surface area contributed by atoms with Crippen LogP contribution in [0.25, 0.3) is 6.08 Å². The van der Waals surface area contributed by atoms with Crippen LogP contribution in [0.15, 0.2) is 66.4 Å². The smallest absolute Gasteiger partial charge is 0.231 e. The van der Waals surface area contributed by atoms with Crippen molar-refractivity contribution in [1.82, 2.24) is 0 Å². The lowest BCUT2D eigenvalue weighted by Crippen LogP contribution is -1.99. The summed E-state index contributed by atoms with van der Waals surface area (Å²) in [7, 11) is 0. The van der Waals surface area contributed by atoms with E-state index in [1.807, 2.05) is 24.3 Å². The van der Waals surface area contributed by atoms with Gasteiger partial charge in [-0.15, -0.1) is 0 Å². The minimum Gasteiger partial charge on any atom is -0.489 e. The Bertz CT molecular complexity index is 1080. The quantitative estimate of drug-likeness (QED) is 0.469. The highest BCUT2D eigenvalue weighted by atomic mass is 35.5. The summed E-state index contributed by atoms with van der Waals surface area (Å²) >= 11 is 6.03. The van der Waals surface area contributed by atoms with Crippen LogP contribution in [-0.4, -0.2) is 5.78 Å². The van der Waals surface area contributed by atoms with E-state index in [-0.39, 0.29) is 23.7 Å². The van der Waals surface area contributed by atoms with E-state index in [1.165, 1.54) is 11.6 Å². The summed E-state index contributed by atoms with van der Waals surface area (Å²) < 4.78 is 25.3. The summed E-state index contributed by atoms with van der Waals surface area (Å²) in [5, 5.41) is 0.303. The molecule has 0 N–H and O–H groups in total. The third-order valence-corrected chi connectivity index (χ3v) is 5.13. The molecule has 0 fully saturated rings. The van der Waals surface area contributed by atoms with Crippen molar-refractivity contribution in [3.8, 4) is 11.5 Å². The fraction of sp³-hybridized carbons (Fsp3) is 0.125. The molecule has 3 aromatic rings. The van der Waals surface area contributed by atoms with Crippen molar-refractivity contribution >= 4 is 23.5 Å². The van der Waals surface area contributed by atoms with Crippen molar-refractivity contribution in [2.24, 2.45) is 0 Å². The van der Waals surface area contributed by atoms with Crippen molar-refractivity contribution in [3.05, 3.63) is 99.5 Å². The molecule has 1 heterocycles. The summed E-state index contributed by atoms with van der Waals surface area (Å²) in [5.41, 5.74) is 2.87. The third-order valence-electron chi connectivity index (χ3n) is 4.77. The lowest BCUT2D eigenvalue weighted by molar-refractivity contribution is 0.101. The maximum Gasteiger partial charge on any atom is 0.231 e. The van der Waals surface area contributed by atoms with E-state index in [0.717, 1.165) is 12.0 Å². The number of carbonyl (C=O) groups excluding carboxylic acids is 1. The van der Waals surface area contributed by atoms with Crippen LogP contribution < -0.4 is 9.47 Å². The van der Waals surface area contributed by atoms with E-state index >= 15 is 0 Å². The molecule has 0 saturated heterocycles. The van der Waals surface area contributed by atoms with Crippen LogP contribution >= 0.6 is 11.6 Å². The zero-order chi connectivity index (χ0) is 20.4. The van der Waals surface area contributed by atoms with Gasteiger partial charge in [-0.2, -0.15) is 0 Å². The summed E-state index contributed by atoms with van der Waals surface area (Å²) in [5.74, 6) is 0.541. The molecule has 0 aromatic heterocycles. The zero-order valence-corrected chi connectivity index (χ0v) is 16.5. The maximum absolute atomic E-state index is 13.9. The lowest BCUT2D eigenvalue weighted by Gasteiger charge is -2.09. The minimum absolute atomic E-state index is 0.0231. The first-order chi connectivity index (χ1) is 14.0. The number of carbonyl (C=O) groups is 1. The van der Waals surface area contributed by atoms with E-state index in [1.54, 1.807) is 36.4 Å². The van der Waals surface area contributed by atoms with Crippen LogP contribution in [0.1, 0.15) is 34.0 Å². The number of allylic oxidation sites excluding steroid dienone is 1. The molecule has 0 atom stereocenters. The molecule has 3 nitrogen and oxygen atoms in total. The first-order valence-electron chi connectivity index (χ1n) is 9.28. The number of fused-ring (bicyclic) bond motifs is 1. The van der Waals surface area contributed by atoms with Crippen LogP contribution in [0.2, 0.25) is 5.02 Å². The van der Waals surface area contributed by atoms with Crippen LogP contribution in [0.3, 0.4) is 0 Å². The average Bonchev–Trinajstić information content (AvgIpc) is 3.03. The Balaban J connectivity index is 1.51. The average molecular weight is 409 g/mol. The Hall–Kier alpha value is -3.11. The monoisotopic (exact) mass is 408 g/mol. The Labute approximate surface area is 173 Å². The minimum atomic E-state index is -0.426. The molecule has 4 rings (SSSR count). The second-order valence-corrected chi connectivity index (χ2v) is 7.09. The van der Waals surface area contributed by atoms with Gasteiger partial charge in [-0.3, -0.25) is 4.79 Å². The molecule has 0 amide bonds. The van der Waals surface area contributed by atoms with Gasteiger partial charge in [0, 0.05) is 11.6 Å². The van der Waals surface area contributed by atoms with Crippen LogP contribution in [0, 0.1) is 5.82 Å². The van der Waals surface area contributed by atoms with Gasteiger partial charge in [0.05, 0.1) is 10.6 Å². The number of ketones is 1. The van der Waals surface area contributed by atoms with Gasteiger partial charge in [0.15, 0.2) is 5.76 Å². The number of ether oxygens (including phenoxy) is 2. The number of aryl methyl sites for hydroxylation is 1. The maximum atomic E-state index is 13.9. The lowest BCUT2D eigenvalue weighted by atomic mass is 10.1. The molecule has 0 radical (unpaired) electrons. The number of rotatable bonds is 5. The van der Waals surface area contributed by atoms with Crippen LogP contribution in [-0.2, 0) is 13.0 Å². The number of hydrogen-bond donors (Lipinski definition) is 0. The SMILES string of the molecule is CCc1ccc(/C=C2/Oc3cc(OCc4c(F)cccc4Cl)ccc3C2=O)cc1. The Kier molecular flexibility index (Phi) is 5.36. The van der Waals surface area contributed by atoms with Gasteiger partial charge in [0.25, 0.3) is 0 Å². The number of benzene rings is 3. The van der Waals surface area contributed by atoms with Crippen molar-refractivity contribution in [3.63, 3.8) is 0 Å². The number of hydrogen-bond acceptors (Lipinski definition) is 3. The van der Waals surface area contributed by atoms with Gasteiger partial charge in [0.2, 0.25) is 5.78 Å². The van der Waals surface area contributed by atoms with Crippen molar-refractivity contribution in [2.75, 3.05) is 0 Å². The largest absolute Gasteiger partial charge is 0.489 e. The predicted octanol–water partition coefficient (Wildman–Crippen LogP) is 6.24. The molecule has 29 heavy (non-hydrogen) atoms. The molecule has 146 valence electrons. The highest BCUT2D eigenvalue weighted by Crippen LogP contribution is 2.35. The summed E-state index contributed by atoms with van der Waals surface area (Å²) in [6.45, 7) is 2.07. The molecule has 3 aromatic carbocycles. The first kappa shape index (κ1) is 19.2. The summed E-state index contributed by atoms with van der Waals surface area (Å²) in [6, 6.07) is 17.4. The van der Waals surface area contributed by atoms with Crippen LogP contribution in [0.4, 0.5) is 4.39 Å². The number of halogens is 2. The van der Waals surface area contributed by atoms with Gasteiger partial charge < -0.3 is 9.47 Å². The summed E-state index contributed by atoms with van der Waals surface area (Å²) in [4.78, 5) is 12.6. The van der Waals surface area contributed by atoms with Gasteiger partial charge in [0.1, 0.15) is 23.9 Å². The van der Waals surface area contributed by atoms with Gasteiger partial charge in [-0.25, -0.2) is 4.39 Å². The Morgan fingerprint density at radius 2 is 1.90 bits per heavy atom. The molecule has 1 aliphatic heterocycles. The van der Waals surface area contributed by atoms with E-state index in [2.05, 4.69) is 6.92 Å². The highest BCUT2D eigenvalue weighted by Gasteiger charge is 2.27. The molecule has 0 unspecified atom stereocenters. The Morgan fingerprint density at radius 1 is 1.10 bits per heavy atom. The fourth-order valence-corrected chi connectivity index (χ4v) is 3.30. The van der Waals surface area contributed by atoms with E-state index in [4.69, 9.17) is 21.1 Å². The van der Waals surface area contributed by atoms with E-state index < -0.39 is 5.82 Å². The molecule has 0 bridgehead atoms. The fourth-order valence-electron chi connectivity index (χ4n) is 3.08. The molecular weight excluding hydrogens is 391 g/mol. The normalized spacial score (nSPS) is 14.0. The molecular formula is C24H18ClFO3. The number of Topliss-reactive ketones (excluding diaryl/α,β-unsaturated/α-hetero) is 1. The molecule has 5 heteroatoms. The van der Waals surface area contributed by atoms with Gasteiger partial charge in [-0.1, -0.05) is 48.9 Å². The van der Waals surface area contributed by atoms with Gasteiger partial charge in [-0.05, 0) is 47.9 Å². The second-order valence-electron chi connectivity index (χ2n) is 6.68. The highest BCUT2D eigenvalue weighted by molar-refractivity contribution is 6.31. The first-order valence-corrected chi connectivity index (χ1v) is 9.66. The van der Waals surface area contributed by atoms with E-state index in [9.17, 15) is 9.18 Å². The van der Waals surface area contributed by atoms with Gasteiger partial charge >= 0.3 is 0 Å². The predicted molar refractivity (Wildman–Crippen MR) is 111 cm³/mol. The standard InChI is InChI=1S/C24H18ClFO3/c1-2-15-6-8-16(9-7-15)12-23-24(27)18-11-10-17(13-22(18)29-23)28-14-19-20(25)4-3-5-21(19)26/h3-13H,2,14H2,1H3/b23-12+. The van der Waals surface area contributed by atoms with Crippen LogP contribution in [0.5, 0.6) is 11.5 Å². The molecule has 0 saturated carbocycles.